The maximum atomic E-state index is 13.1. The van der Waals surface area contributed by atoms with Crippen LogP contribution in [0.25, 0.3) is 11.3 Å². The molecule has 1 aromatic carbocycles. The van der Waals surface area contributed by atoms with Gasteiger partial charge in [-0.1, -0.05) is 53.5 Å². The average molecular weight is 391 g/mol. The first-order valence-corrected chi connectivity index (χ1v) is 9.61. The quantitative estimate of drug-likeness (QED) is 0.582. The predicted molar refractivity (Wildman–Crippen MR) is 104 cm³/mol. The van der Waals surface area contributed by atoms with Gasteiger partial charge in [0.2, 0.25) is 10.4 Å². The van der Waals surface area contributed by atoms with E-state index in [4.69, 9.17) is 28.2 Å². The van der Waals surface area contributed by atoms with Crippen LogP contribution in [0.3, 0.4) is 0 Å². The summed E-state index contributed by atoms with van der Waals surface area (Å²) in [6, 6.07) is 9.53. The van der Waals surface area contributed by atoms with E-state index < -0.39 is 4.46 Å². The van der Waals surface area contributed by atoms with Crippen LogP contribution in [0, 0.1) is 0 Å². The maximum Gasteiger partial charge on any atom is 0.275 e. The Labute approximate surface area is 162 Å². The van der Waals surface area contributed by atoms with Gasteiger partial charge in [0, 0.05) is 24.7 Å². The number of benzene rings is 1. The molecule has 1 saturated heterocycles. The lowest BCUT2D eigenvalue weighted by molar-refractivity contribution is 0.0687. The van der Waals surface area contributed by atoms with E-state index in [1.807, 2.05) is 44.2 Å². The van der Waals surface area contributed by atoms with Crippen molar-refractivity contribution in [3.8, 4) is 11.3 Å². The van der Waals surface area contributed by atoms with Crippen molar-refractivity contribution >= 4 is 35.1 Å². The minimum Gasteiger partial charge on any atom is -0.341 e. The summed E-state index contributed by atoms with van der Waals surface area (Å²) in [7, 11) is 0. The van der Waals surface area contributed by atoms with Crippen molar-refractivity contribution in [2.24, 2.45) is 0 Å². The normalized spacial score (nSPS) is 18.7. The molecule has 0 saturated carbocycles. The van der Waals surface area contributed by atoms with E-state index >= 15 is 0 Å². The van der Waals surface area contributed by atoms with Gasteiger partial charge >= 0.3 is 0 Å². The van der Waals surface area contributed by atoms with Gasteiger partial charge < -0.3 is 4.90 Å². The van der Waals surface area contributed by atoms with E-state index in [2.05, 4.69) is 9.88 Å². The summed E-state index contributed by atoms with van der Waals surface area (Å²) >= 11 is 13.4. The number of anilines is 1. The topological polar surface area (TPSA) is 49.3 Å². The monoisotopic (exact) mass is 390 g/mol. The zero-order chi connectivity index (χ0) is 18.5. The van der Waals surface area contributed by atoms with E-state index in [1.165, 1.54) is 4.90 Å². The first kappa shape index (κ1) is 17.6. The van der Waals surface area contributed by atoms with Crippen molar-refractivity contribution in [2.45, 2.75) is 37.2 Å². The highest BCUT2D eigenvalue weighted by Gasteiger charge is 2.52. The third-order valence-electron chi connectivity index (χ3n) is 4.87. The summed E-state index contributed by atoms with van der Waals surface area (Å²) in [5.74, 6) is 0.322. The fourth-order valence-corrected chi connectivity index (χ4v) is 4.57. The number of hydrogen-bond acceptors (Lipinski definition) is 4. The molecule has 1 aromatic heterocycles. The largest absolute Gasteiger partial charge is 0.341 e. The molecule has 2 aliphatic heterocycles. The molecule has 0 bridgehead atoms. The second kappa shape index (κ2) is 6.39. The number of rotatable bonds is 3. The average Bonchev–Trinajstić information content (AvgIpc) is 3.21. The van der Waals surface area contributed by atoms with Crippen LogP contribution in [0.15, 0.2) is 30.3 Å². The fourth-order valence-electron chi connectivity index (χ4n) is 3.67. The summed E-state index contributed by atoms with van der Waals surface area (Å²) in [6.45, 7) is 5.56. The zero-order valence-electron chi connectivity index (χ0n) is 14.7. The van der Waals surface area contributed by atoms with Crippen LogP contribution >= 0.6 is 23.2 Å². The molecule has 0 aliphatic carbocycles. The molecule has 3 heterocycles. The van der Waals surface area contributed by atoms with Gasteiger partial charge in [-0.05, 0) is 26.7 Å². The Morgan fingerprint density at radius 1 is 1.04 bits per heavy atom. The molecule has 4 rings (SSSR count). The summed E-state index contributed by atoms with van der Waals surface area (Å²) in [6.07, 6.45) is 2.20. The molecule has 2 aromatic rings. The second-order valence-electron chi connectivity index (χ2n) is 6.97. The highest BCUT2D eigenvalue weighted by Crippen LogP contribution is 2.50. The fraction of sp³-hybridized carbons (Fsp3) is 0.421. The van der Waals surface area contributed by atoms with Crippen LogP contribution in [0.4, 0.5) is 5.95 Å². The Kier molecular flexibility index (Phi) is 4.32. The lowest BCUT2D eigenvalue weighted by Gasteiger charge is -2.31. The molecule has 1 fully saturated rings. The molecule has 0 atom stereocenters. The van der Waals surface area contributed by atoms with Gasteiger partial charge in [-0.2, -0.15) is 0 Å². The van der Waals surface area contributed by atoms with E-state index in [9.17, 15) is 4.79 Å². The number of carbonyl (C=O) groups is 1. The first-order chi connectivity index (χ1) is 12.4. The summed E-state index contributed by atoms with van der Waals surface area (Å²) < 4.78 is -1.49. The van der Waals surface area contributed by atoms with Crippen molar-refractivity contribution in [3.63, 3.8) is 0 Å². The summed E-state index contributed by atoms with van der Waals surface area (Å²) in [5.41, 5.74) is 2.28. The zero-order valence-corrected chi connectivity index (χ0v) is 16.3. The number of halogens is 2. The lowest BCUT2D eigenvalue weighted by atomic mass is 10.1. The molecule has 1 amide bonds. The number of aromatic nitrogens is 2. The smallest absolute Gasteiger partial charge is 0.275 e. The number of alkyl halides is 2. The van der Waals surface area contributed by atoms with Gasteiger partial charge in [0.15, 0.2) is 0 Å². The number of carbonyl (C=O) groups excluding carboxylic acids is 1. The molecule has 0 radical (unpaired) electrons. The van der Waals surface area contributed by atoms with Gasteiger partial charge in [0.1, 0.15) is 5.69 Å². The highest BCUT2D eigenvalue weighted by atomic mass is 35.5. The molecular formula is C19H20Cl2N4O. The number of amides is 1. The van der Waals surface area contributed by atoms with Crippen LogP contribution < -0.4 is 4.90 Å². The van der Waals surface area contributed by atoms with Gasteiger partial charge in [-0.3, -0.25) is 9.69 Å². The minimum atomic E-state index is -1.49. The third kappa shape index (κ3) is 2.65. The molecular weight excluding hydrogens is 371 g/mol. The Morgan fingerprint density at radius 2 is 1.65 bits per heavy atom. The van der Waals surface area contributed by atoms with E-state index in [0.717, 1.165) is 31.5 Å². The van der Waals surface area contributed by atoms with E-state index in [0.29, 0.717) is 22.9 Å². The number of hydrogen-bond donors (Lipinski definition) is 0. The van der Waals surface area contributed by atoms with Crippen LogP contribution in [0.1, 0.15) is 42.7 Å². The number of fused-ring (bicyclic) bond motifs is 1. The van der Waals surface area contributed by atoms with Crippen molar-refractivity contribution in [2.75, 3.05) is 18.0 Å². The Hall–Kier alpha value is -1.85. The third-order valence-corrected chi connectivity index (χ3v) is 5.62. The second-order valence-corrected chi connectivity index (χ2v) is 8.25. The maximum absolute atomic E-state index is 13.1. The summed E-state index contributed by atoms with van der Waals surface area (Å²) in [4.78, 5) is 26.0. The van der Waals surface area contributed by atoms with Crippen LogP contribution in [0.2, 0.25) is 0 Å². The molecule has 0 unspecified atom stereocenters. The minimum absolute atomic E-state index is 0.162. The summed E-state index contributed by atoms with van der Waals surface area (Å²) in [5, 5.41) is 0. The lowest BCUT2D eigenvalue weighted by Crippen LogP contribution is -2.40. The molecule has 26 heavy (non-hydrogen) atoms. The highest BCUT2D eigenvalue weighted by molar-refractivity contribution is 6.50. The van der Waals surface area contributed by atoms with Crippen molar-refractivity contribution in [1.82, 2.24) is 14.9 Å². The van der Waals surface area contributed by atoms with Gasteiger partial charge in [-0.25, -0.2) is 9.97 Å². The van der Waals surface area contributed by atoms with E-state index in [1.54, 1.807) is 0 Å². The Bertz CT molecular complexity index is 848. The Balaban J connectivity index is 1.96. The van der Waals surface area contributed by atoms with Crippen molar-refractivity contribution in [1.29, 1.82) is 0 Å². The standard InChI is InChI=1S/C19H20Cl2N4O/c1-12(2)25-17(26)16-14(19(25,20)21)15(13-8-4-3-5-9-13)22-18(23-16)24-10-6-7-11-24/h3-5,8-9,12H,6-7,10-11H2,1-2H3. The molecule has 2 aliphatic rings. The molecule has 7 heteroatoms. The van der Waals surface area contributed by atoms with Crippen LogP contribution in [-0.2, 0) is 4.46 Å². The number of nitrogens with zero attached hydrogens (tertiary/aromatic N) is 4. The molecule has 136 valence electrons. The van der Waals surface area contributed by atoms with E-state index in [-0.39, 0.29) is 11.9 Å². The molecule has 0 N–H and O–H groups in total. The predicted octanol–water partition coefficient (Wildman–Crippen LogP) is 4.20. The van der Waals surface area contributed by atoms with Gasteiger partial charge in [0.05, 0.1) is 11.3 Å². The first-order valence-electron chi connectivity index (χ1n) is 8.85. The van der Waals surface area contributed by atoms with Crippen LogP contribution in [0.5, 0.6) is 0 Å². The van der Waals surface area contributed by atoms with Gasteiger partial charge in [0.25, 0.3) is 5.91 Å². The van der Waals surface area contributed by atoms with Crippen LogP contribution in [-0.4, -0.2) is 39.9 Å². The molecule has 0 spiro atoms. The molecule has 5 nitrogen and oxygen atoms in total. The van der Waals surface area contributed by atoms with Crippen molar-refractivity contribution in [3.05, 3.63) is 41.6 Å². The van der Waals surface area contributed by atoms with Crippen molar-refractivity contribution < 1.29 is 4.79 Å². The Morgan fingerprint density at radius 3 is 2.27 bits per heavy atom. The SMILES string of the molecule is CC(C)N1C(=O)c2nc(N3CCCC3)nc(-c3ccccc3)c2C1(Cl)Cl. The van der Waals surface area contributed by atoms with Gasteiger partial charge in [-0.15, -0.1) is 0 Å².